The normalized spacial score (nSPS) is 8.25. The second-order valence-electron chi connectivity index (χ2n) is 1.44. The molecule has 0 saturated heterocycles. The predicted octanol–water partition coefficient (Wildman–Crippen LogP) is 0.129. The summed E-state index contributed by atoms with van der Waals surface area (Å²) in [6.45, 7) is 4.23. The average Bonchev–Trinajstić information content (AvgIpc) is 1.67. The molecular weight excluding hydrogens is 104 g/mol. The molecule has 0 aromatic rings. The van der Waals surface area contributed by atoms with Gasteiger partial charge in [0.05, 0.1) is 6.61 Å². The second kappa shape index (κ2) is 3.18. The van der Waals surface area contributed by atoms with Gasteiger partial charge in [0.2, 0.25) is 0 Å². The third-order valence-corrected chi connectivity index (χ3v) is 0.767. The van der Waals surface area contributed by atoms with E-state index in [4.69, 9.17) is 16.2 Å². The molecule has 0 radical (unpaired) electrons. The fourth-order valence-corrected chi connectivity index (χ4v) is 0.300. The van der Waals surface area contributed by atoms with E-state index < -0.39 is 0 Å². The average molecular weight is 116 g/mol. The molecule has 0 bridgehead atoms. The molecule has 0 saturated carbocycles. The van der Waals surface area contributed by atoms with Crippen molar-refractivity contribution < 1.29 is 4.74 Å². The highest BCUT2D eigenvalue weighted by molar-refractivity contribution is 4.95. The number of hydrogen-bond acceptors (Lipinski definition) is 3. The Balaban J connectivity index is 3.62. The third-order valence-electron chi connectivity index (χ3n) is 0.767. The Kier molecular flexibility index (Phi) is 2.84. The van der Waals surface area contributed by atoms with Crippen LogP contribution in [0.25, 0.3) is 0 Å². The lowest BCUT2D eigenvalue weighted by Gasteiger charge is -2.02. The smallest absolute Gasteiger partial charge is 0.132 e. The number of hydrogen-bond donors (Lipinski definition) is 2. The standard InChI is InChI=1S/C5H12N2O/c1-3-8-4(2)5(6)7/h3,6-7H2,1-2H3. The molecule has 0 fully saturated rings. The van der Waals surface area contributed by atoms with Gasteiger partial charge in [0.25, 0.3) is 0 Å². The van der Waals surface area contributed by atoms with Crippen LogP contribution in [-0.4, -0.2) is 6.61 Å². The fourth-order valence-electron chi connectivity index (χ4n) is 0.300. The summed E-state index contributed by atoms with van der Waals surface area (Å²) in [5.74, 6) is 0.861. The minimum Gasteiger partial charge on any atom is -0.495 e. The zero-order valence-corrected chi connectivity index (χ0v) is 5.27. The lowest BCUT2D eigenvalue weighted by Crippen LogP contribution is -2.12. The predicted molar refractivity (Wildman–Crippen MR) is 32.7 cm³/mol. The van der Waals surface area contributed by atoms with Crippen molar-refractivity contribution in [3.05, 3.63) is 11.6 Å². The van der Waals surface area contributed by atoms with Crippen LogP contribution in [0.1, 0.15) is 13.8 Å². The van der Waals surface area contributed by atoms with Crippen LogP contribution < -0.4 is 11.5 Å². The molecule has 0 aromatic carbocycles. The van der Waals surface area contributed by atoms with Crippen LogP contribution in [0.2, 0.25) is 0 Å². The quantitative estimate of drug-likeness (QED) is 0.504. The van der Waals surface area contributed by atoms with Gasteiger partial charge in [-0.3, -0.25) is 0 Å². The van der Waals surface area contributed by atoms with E-state index in [0.717, 1.165) is 0 Å². The molecule has 0 unspecified atom stereocenters. The molecule has 0 atom stereocenters. The summed E-state index contributed by atoms with van der Waals surface area (Å²) in [5.41, 5.74) is 10.3. The van der Waals surface area contributed by atoms with Crippen molar-refractivity contribution in [3.8, 4) is 0 Å². The Morgan fingerprint density at radius 2 is 2.00 bits per heavy atom. The van der Waals surface area contributed by atoms with Gasteiger partial charge in [-0.05, 0) is 13.8 Å². The Bertz CT molecular complexity index is 94.6. The minimum absolute atomic E-state index is 0.256. The first-order valence-electron chi connectivity index (χ1n) is 2.53. The van der Waals surface area contributed by atoms with Crippen LogP contribution in [0.4, 0.5) is 0 Å². The Morgan fingerprint density at radius 1 is 1.50 bits per heavy atom. The topological polar surface area (TPSA) is 61.3 Å². The van der Waals surface area contributed by atoms with Crippen molar-refractivity contribution in [3.63, 3.8) is 0 Å². The molecule has 48 valence electrons. The first kappa shape index (κ1) is 7.14. The third kappa shape index (κ3) is 2.34. The molecule has 4 N–H and O–H groups in total. The second-order valence-corrected chi connectivity index (χ2v) is 1.44. The van der Waals surface area contributed by atoms with Crippen LogP contribution in [-0.2, 0) is 4.74 Å². The summed E-state index contributed by atoms with van der Waals surface area (Å²) in [4.78, 5) is 0. The maximum absolute atomic E-state index is 5.15. The van der Waals surface area contributed by atoms with Gasteiger partial charge in [-0.25, -0.2) is 0 Å². The lowest BCUT2D eigenvalue weighted by atomic mass is 10.5. The number of ether oxygens (including phenoxy) is 1. The molecule has 0 aliphatic heterocycles. The zero-order valence-electron chi connectivity index (χ0n) is 5.27. The van der Waals surface area contributed by atoms with Gasteiger partial charge in [-0.2, -0.15) is 0 Å². The SMILES string of the molecule is CCOC(C)=C(N)N. The molecule has 0 aromatic heterocycles. The highest BCUT2D eigenvalue weighted by Gasteiger charge is 1.88. The first-order valence-corrected chi connectivity index (χ1v) is 2.53. The summed E-state index contributed by atoms with van der Waals surface area (Å²) in [6, 6.07) is 0. The molecule has 0 amide bonds. The summed E-state index contributed by atoms with van der Waals surface area (Å²) in [7, 11) is 0. The van der Waals surface area contributed by atoms with Crippen LogP contribution in [0.5, 0.6) is 0 Å². The maximum Gasteiger partial charge on any atom is 0.132 e. The van der Waals surface area contributed by atoms with Crippen molar-refractivity contribution in [1.29, 1.82) is 0 Å². The van der Waals surface area contributed by atoms with Gasteiger partial charge in [0.15, 0.2) is 0 Å². The zero-order chi connectivity index (χ0) is 6.57. The van der Waals surface area contributed by atoms with Gasteiger partial charge in [0.1, 0.15) is 11.6 Å². The van der Waals surface area contributed by atoms with Crippen molar-refractivity contribution >= 4 is 0 Å². The van der Waals surface area contributed by atoms with E-state index in [2.05, 4.69) is 0 Å². The highest BCUT2D eigenvalue weighted by Crippen LogP contribution is 1.92. The molecular formula is C5H12N2O. The Hall–Kier alpha value is -0.860. The number of allylic oxidation sites excluding steroid dienone is 1. The van der Waals surface area contributed by atoms with E-state index in [9.17, 15) is 0 Å². The van der Waals surface area contributed by atoms with E-state index >= 15 is 0 Å². The van der Waals surface area contributed by atoms with E-state index in [-0.39, 0.29) is 5.82 Å². The summed E-state index contributed by atoms with van der Waals surface area (Å²) in [5, 5.41) is 0. The first-order chi connectivity index (χ1) is 3.68. The Labute approximate surface area is 49.3 Å². The van der Waals surface area contributed by atoms with Gasteiger partial charge in [-0.1, -0.05) is 0 Å². The number of rotatable bonds is 2. The lowest BCUT2D eigenvalue weighted by molar-refractivity contribution is 0.227. The molecule has 3 nitrogen and oxygen atoms in total. The van der Waals surface area contributed by atoms with Gasteiger partial charge < -0.3 is 16.2 Å². The minimum atomic E-state index is 0.256. The molecule has 0 rings (SSSR count). The molecule has 0 aliphatic rings. The van der Waals surface area contributed by atoms with Crippen LogP contribution in [0, 0.1) is 0 Å². The maximum atomic E-state index is 5.15. The fraction of sp³-hybridized carbons (Fsp3) is 0.600. The van der Waals surface area contributed by atoms with Crippen molar-refractivity contribution in [2.24, 2.45) is 11.5 Å². The molecule has 0 spiro atoms. The van der Waals surface area contributed by atoms with Crippen molar-refractivity contribution in [1.82, 2.24) is 0 Å². The molecule has 0 heterocycles. The summed E-state index contributed by atoms with van der Waals surface area (Å²) >= 11 is 0. The number of nitrogens with two attached hydrogens (primary N) is 2. The van der Waals surface area contributed by atoms with Crippen molar-refractivity contribution in [2.75, 3.05) is 6.61 Å². The van der Waals surface area contributed by atoms with Crippen LogP contribution in [0.3, 0.4) is 0 Å². The van der Waals surface area contributed by atoms with Crippen LogP contribution in [0.15, 0.2) is 11.6 Å². The summed E-state index contributed by atoms with van der Waals surface area (Å²) in [6.07, 6.45) is 0. The highest BCUT2D eigenvalue weighted by atomic mass is 16.5. The van der Waals surface area contributed by atoms with Crippen LogP contribution >= 0.6 is 0 Å². The summed E-state index contributed by atoms with van der Waals surface area (Å²) < 4.78 is 4.93. The molecule has 3 heteroatoms. The van der Waals surface area contributed by atoms with Gasteiger partial charge in [0, 0.05) is 0 Å². The van der Waals surface area contributed by atoms with Gasteiger partial charge >= 0.3 is 0 Å². The van der Waals surface area contributed by atoms with E-state index in [0.29, 0.717) is 12.4 Å². The largest absolute Gasteiger partial charge is 0.495 e. The monoisotopic (exact) mass is 116 g/mol. The van der Waals surface area contributed by atoms with Crippen molar-refractivity contribution in [2.45, 2.75) is 13.8 Å². The molecule has 0 aliphatic carbocycles. The van der Waals surface area contributed by atoms with E-state index in [1.165, 1.54) is 0 Å². The van der Waals surface area contributed by atoms with E-state index in [1.54, 1.807) is 6.92 Å². The van der Waals surface area contributed by atoms with Gasteiger partial charge in [-0.15, -0.1) is 0 Å². The molecule has 8 heavy (non-hydrogen) atoms. The van der Waals surface area contributed by atoms with E-state index in [1.807, 2.05) is 6.92 Å². The Morgan fingerprint density at radius 3 is 2.12 bits per heavy atom.